The lowest BCUT2D eigenvalue weighted by molar-refractivity contribution is -0.279. The maximum absolute atomic E-state index is 13.2. The molecule has 1 aromatic heterocycles. The summed E-state index contributed by atoms with van der Waals surface area (Å²) in [5.41, 5.74) is -1.07. The highest BCUT2D eigenvalue weighted by atomic mass is 35.5. The van der Waals surface area contributed by atoms with Crippen molar-refractivity contribution in [3.8, 4) is 11.9 Å². The van der Waals surface area contributed by atoms with E-state index in [4.69, 9.17) is 39.5 Å². The second-order valence-electron chi connectivity index (χ2n) is 7.14. The Hall–Kier alpha value is -3.58. The third-order valence-electron chi connectivity index (χ3n) is 5.01. The van der Waals surface area contributed by atoms with E-state index in [1.165, 1.54) is 44.3 Å². The van der Waals surface area contributed by atoms with Crippen molar-refractivity contribution in [2.75, 3.05) is 11.6 Å². The standard InChI is InChI=1S/C23H17Cl3N4O5/c1-4-35-23(34)18-14(22(33)30(28-18)19-16(25)8-12(24)9-17(19)26)7-5-6-13-11(2)15(10-27)21(32)29(3)20(13)31/h5-9,31H,4H2,1-3H3/p-1. The van der Waals surface area contributed by atoms with Crippen LogP contribution in [0.4, 0.5) is 5.69 Å². The van der Waals surface area contributed by atoms with Crippen LogP contribution in [0.5, 0.6) is 5.88 Å². The maximum Gasteiger partial charge on any atom is 0.359 e. The number of amides is 1. The van der Waals surface area contributed by atoms with E-state index in [2.05, 4.69) is 5.10 Å². The molecule has 2 aromatic rings. The van der Waals surface area contributed by atoms with E-state index in [0.717, 1.165) is 9.58 Å². The van der Waals surface area contributed by atoms with Crippen LogP contribution in [0.2, 0.25) is 15.1 Å². The van der Waals surface area contributed by atoms with Gasteiger partial charge >= 0.3 is 5.97 Å². The summed E-state index contributed by atoms with van der Waals surface area (Å²) in [5.74, 6) is -2.22. The van der Waals surface area contributed by atoms with E-state index < -0.39 is 23.3 Å². The van der Waals surface area contributed by atoms with Gasteiger partial charge in [-0.05, 0) is 49.1 Å². The SMILES string of the molecule is CCOC(=O)C1=NN(c2c(Cl)cc(Cl)cc2Cl)C(=O)C1=CC=Cc1c(C)c(C#N)c(=O)n(C)c1[O-]. The fourth-order valence-corrected chi connectivity index (χ4v) is 4.25. The highest BCUT2D eigenvalue weighted by molar-refractivity contribution is 6.54. The number of hydrazone groups is 1. The maximum atomic E-state index is 13.2. The lowest BCUT2D eigenvalue weighted by atomic mass is 10.0. The molecular weight excluding hydrogens is 519 g/mol. The highest BCUT2D eigenvalue weighted by Crippen LogP contribution is 2.39. The van der Waals surface area contributed by atoms with E-state index in [9.17, 15) is 24.8 Å². The van der Waals surface area contributed by atoms with Gasteiger partial charge in [0.05, 0.1) is 22.2 Å². The molecule has 0 unspecified atom stereocenters. The molecule has 0 fully saturated rings. The van der Waals surface area contributed by atoms with Gasteiger partial charge in [-0.1, -0.05) is 47.0 Å². The first-order valence-corrected chi connectivity index (χ1v) is 11.1. The van der Waals surface area contributed by atoms with Crippen molar-refractivity contribution in [2.45, 2.75) is 13.8 Å². The minimum atomic E-state index is -0.862. The van der Waals surface area contributed by atoms with E-state index in [1.54, 1.807) is 13.0 Å². The molecule has 0 radical (unpaired) electrons. The third-order valence-corrected chi connectivity index (χ3v) is 5.80. The fourth-order valence-electron chi connectivity index (χ4n) is 3.27. The molecule has 2 heterocycles. The van der Waals surface area contributed by atoms with E-state index in [1.807, 2.05) is 0 Å². The average Bonchev–Trinajstić information content (AvgIpc) is 3.10. The van der Waals surface area contributed by atoms with Gasteiger partial charge in [-0.15, -0.1) is 0 Å². The van der Waals surface area contributed by atoms with E-state index in [-0.39, 0.29) is 55.3 Å². The topological polar surface area (TPSA) is 128 Å². The zero-order valence-corrected chi connectivity index (χ0v) is 20.8. The molecule has 0 saturated heterocycles. The van der Waals surface area contributed by atoms with Crippen LogP contribution in [-0.2, 0) is 21.4 Å². The quantitative estimate of drug-likeness (QED) is 0.427. The molecule has 0 spiro atoms. The molecular formula is C23H16Cl3N4O5-. The van der Waals surface area contributed by atoms with Crippen molar-refractivity contribution >= 4 is 64.2 Å². The number of allylic oxidation sites excluding steroid dienone is 2. The number of hydrogen-bond donors (Lipinski definition) is 0. The Morgan fingerprint density at radius 1 is 1.26 bits per heavy atom. The first-order valence-electron chi connectivity index (χ1n) is 9.97. The number of halogens is 3. The summed E-state index contributed by atoms with van der Waals surface area (Å²) in [7, 11) is 1.25. The molecule has 1 aliphatic heterocycles. The molecule has 0 atom stereocenters. The Labute approximate surface area is 214 Å². The van der Waals surface area contributed by atoms with Crippen molar-refractivity contribution in [3.05, 3.63) is 72.0 Å². The molecule has 0 bridgehead atoms. The van der Waals surface area contributed by atoms with Crippen molar-refractivity contribution in [2.24, 2.45) is 12.1 Å². The second kappa shape index (κ2) is 10.4. The smallest absolute Gasteiger partial charge is 0.359 e. The zero-order valence-electron chi connectivity index (χ0n) is 18.6. The summed E-state index contributed by atoms with van der Waals surface area (Å²) in [6.07, 6.45) is 3.91. The summed E-state index contributed by atoms with van der Waals surface area (Å²) in [5, 5.41) is 27.0. The monoisotopic (exact) mass is 533 g/mol. The molecule has 0 saturated carbocycles. The Morgan fingerprint density at radius 2 is 1.89 bits per heavy atom. The number of nitrogens with zero attached hydrogens (tertiary/aromatic N) is 4. The number of carbonyl (C=O) groups is 2. The first kappa shape index (κ1) is 26.0. The number of esters is 1. The summed E-state index contributed by atoms with van der Waals surface area (Å²) < 4.78 is 5.82. The van der Waals surface area contributed by atoms with Crippen LogP contribution in [0, 0.1) is 18.3 Å². The molecule has 3 rings (SSSR count). The number of aromatic nitrogens is 1. The summed E-state index contributed by atoms with van der Waals surface area (Å²) in [6.45, 7) is 3.09. The van der Waals surface area contributed by atoms with Crippen LogP contribution in [-0.4, -0.2) is 28.8 Å². The molecule has 0 N–H and O–H groups in total. The number of hydrogen-bond acceptors (Lipinski definition) is 7. The number of pyridine rings is 1. The molecule has 9 nitrogen and oxygen atoms in total. The van der Waals surface area contributed by atoms with Crippen LogP contribution in [0.1, 0.15) is 23.6 Å². The average molecular weight is 535 g/mol. The molecule has 1 amide bonds. The summed E-state index contributed by atoms with van der Waals surface area (Å²) >= 11 is 18.4. The largest absolute Gasteiger partial charge is 0.860 e. The summed E-state index contributed by atoms with van der Waals surface area (Å²) in [6, 6.07) is 4.52. The van der Waals surface area contributed by atoms with Gasteiger partial charge < -0.3 is 14.4 Å². The molecule has 0 aliphatic carbocycles. The minimum absolute atomic E-state index is 0.0197. The lowest BCUT2D eigenvalue weighted by Gasteiger charge is -2.18. The first-order chi connectivity index (χ1) is 16.5. The molecule has 1 aromatic carbocycles. The fraction of sp³-hybridized carbons (Fsp3) is 0.174. The van der Waals surface area contributed by atoms with Crippen molar-refractivity contribution < 1.29 is 19.4 Å². The molecule has 12 heteroatoms. The number of ether oxygens (including phenoxy) is 1. The molecule has 1 aliphatic rings. The van der Waals surface area contributed by atoms with Crippen LogP contribution in [0.25, 0.3) is 6.08 Å². The predicted octanol–water partition coefficient (Wildman–Crippen LogP) is 3.50. The Balaban J connectivity index is 2.11. The highest BCUT2D eigenvalue weighted by Gasteiger charge is 2.37. The molecule has 180 valence electrons. The van der Waals surface area contributed by atoms with Gasteiger partial charge in [0.1, 0.15) is 17.3 Å². The van der Waals surface area contributed by atoms with Crippen LogP contribution >= 0.6 is 34.8 Å². The van der Waals surface area contributed by atoms with Gasteiger partial charge in [-0.3, -0.25) is 9.59 Å². The Bertz CT molecular complexity index is 1430. The van der Waals surface area contributed by atoms with E-state index in [0.29, 0.717) is 0 Å². The van der Waals surface area contributed by atoms with Crippen LogP contribution in [0.15, 0.2) is 39.8 Å². The van der Waals surface area contributed by atoms with Gasteiger partial charge in [-0.25, -0.2) is 4.79 Å². The van der Waals surface area contributed by atoms with Crippen molar-refractivity contribution in [1.29, 1.82) is 5.26 Å². The van der Waals surface area contributed by atoms with Gasteiger partial charge in [0, 0.05) is 12.1 Å². The minimum Gasteiger partial charge on any atom is -0.860 e. The number of carbonyl (C=O) groups excluding carboxylic acids is 2. The number of anilines is 1. The van der Waals surface area contributed by atoms with Crippen molar-refractivity contribution in [3.63, 3.8) is 0 Å². The lowest BCUT2D eigenvalue weighted by Crippen LogP contribution is -2.25. The van der Waals surface area contributed by atoms with Crippen molar-refractivity contribution in [1.82, 2.24) is 4.57 Å². The van der Waals surface area contributed by atoms with Crippen LogP contribution < -0.4 is 15.7 Å². The molecule has 35 heavy (non-hydrogen) atoms. The zero-order chi connectivity index (χ0) is 26.0. The number of nitriles is 1. The van der Waals surface area contributed by atoms with Gasteiger partial charge in [0.2, 0.25) is 0 Å². The van der Waals surface area contributed by atoms with Crippen LogP contribution in [0.3, 0.4) is 0 Å². The number of rotatable bonds is 5. The predicted molar refractivity (Wildman–Crippen MR) is 131 cm³/mol. The van der Waals surface area contributed by atoms with Gasteiger partial charge in [0.25, 0.3) is 11.5 Å². The van der Waals surface area contributed by atoms with Gasteiger partial charge in [0.15, 0.2) is 5.71 Å². The normalized spacial score (nSPS) is 14.5. The Morgan fingerprint density at radius 3 is 2.46 bits per heavy atom. The third kappa shape index (κ3) is 4.82. The number of benzene rings is 1. The Kier molecular flexibility index (Phi) is 7.70. The van der Waals surface area contributed by atoms with E-state index >= 15 is 0 Å². The second-order valence-corrected chi connectivity index (χ2v) is 8.39. The van der Waals surface area contributed by atoms with Gasteiger partial charge in [-0.2, -0.15) is 15.4 Å². The summed E-state index contributed by atoms with van der Waals surface area (Å²) in [4.78, 5) is 37.8.